The molecule has 0 saturated carbocycles. The highest BCUT2D eigenvalue weighted by Crippen LogP contribution is 2.22. The molecular weight excluding hydrogens is 362 g/mol. The summed E-state index contributed by atoms with van der Waals surface area (Å²) in [6.45, 7) is 4.99. The number of rotatable bonds is 5. The Balaban J connectivity index is 1.63. The van der Waals surface area contributed by atoms with Gasteiger partial charge >= 0.3 is 0 Å². The number of hydrogen-bond acceptors (Lipinski definition) is 6. The van der Waals surface area contributed by atoms with Crippen LogP contribution in [0.2, 0.25) is 0 Å². The zero-order valence-corrected chi connectivity index (χ0v) is 15.8. The van der Waals surface area contributed by atoms with Crippen molar-refractivity contribution in [2.45, 2.75) is 30.9 Å². The molecule has 25 heavy (non-hydrogen) atoms. The van der Waals surface area contributed by atoms with Gasteiger partial charge in [-0.2, -0.15) is 0 Å². The van der Waals surface area contributed by atoms with E-state index in [0.717, 1.165) is 12.8 Å². The van der Waals surface area contributed by atoms with Crippen molar-refractivity contribution in [3.63, 3.8) is 0 Å². The maximum absolute atomic E-state index is 12.7. The SMILES string of the molecule is Cc1noc(C)c1C(=O)N1CCC[C@@H](CNS(=O)(=O)c2cccs2)C1. The molecule has 1 atom stereocenters. The van der Waals surface area contributed by atoms with Crippen molar-refractivity contribution in [3.05, 3.63) is 34.5 Å². The molecule has 0 aromatic carbocycles. The second-order valence-electron chi connectivity index (χ2n) is 6.24. The van der Waals surface area contributed by atoms with E-state index in [2.05, 4.69) is 9.88 Å². The van der Waals surface area contributed by atoms with Crippen LogP contribution < -0.4 is 4.72 Å². The lowest BCUT2D eigenvalue weighted by atomic mass is 9.97. The van der Waals surface area contributed by atoms with Gasteiger partial charge in [0.15, 0.2) is 0 Å². The van der Waals surface area contributed by atoms with Crippen molar-refractivity contribution in [2.75, 3.05) is 19.6 Å². The van der Waals surface area contributed by atoms with Crippen LogP contribution in [0.5, 0.6) is 0 Å². The number of piperidine rings is 1. The zero-order valence-electron chi connectivity index (χ0n) is 14.2. The minimum Gasteiger partial charge on any atom is -0.361 e. The molecule has 0 aliphatic carbocycles. The second kappa shape index (κ2) is 7.27. The van der Waals surface area contributed by atoms with Crippen molar-refractivity contribution < 1.29 is 17.7 Å². The van der Waals surface area contributed by atoms with Crippen molar-refractivity contribution in [3.8, 4) is 0 Å². The molecule has 0 unspecified atom stereocenters. The first-order valence-corrected chi connectivity index (χ1v) is 10.5. The Morgan fingerprint density at radius 2 is 2.28 bits per heavy atom. The largest absolute Gasteiger partial charge is 0.361 e. The molecule has 2 aromatic rings. The topological polar surface area (TPSA) is 92.5 Å². The summed E-state index contributed by atoms with van der Waals surface area (Å²) in [5.74, 6) is 0.512. The number of sulfonamides is 1. The first-order chi connectivity index (χ1) is 11.9. The fourth-order valence-corrected chi connectivity index (χ4v) is 5.23. The van der Waals surface area contributed by atoms with Gasteiger partial charge in [-0.1, -0.05) is 11.2 Å². The Hall–Kier alpha value is -1.71. The summed E-state index contributed by atoms with van der Waals surface area (Å²) in [5, 5.41) is 5.57. The number of nitrogens with zero attached hydrogens (tertiary/aromatic N) is 2. The standard InChI is InChI=1S/C16H21N3O4S2/c1-11-15(12(2)23-18-11)16(20)19-7-3-5-13(10-19)9-17-25(21,22)14-6-4-8-24-14/h4,6,8,13,17H,3,5,7,9-10H2,1-2H3/t13-/m0/s1. The highest BCUT2D eigenvalue weighted by atomic mass is 32.2. The van der Waals surface area contributed by atoms with Gasteiger partial charge in [-0.25, -0.2) is 13.1 Å². The van der Waals surface area contributed by atoms with Crippen molar-refractivity contribution >= 4 is 27.3 Å². The average molecular weight is 383 g/mol. The quantitative estimate of drug-likeness (QED) is 0.854. The van der Waals surface area contributed by atoms with E-state index in [4.69, 9.17) is 4.52 Å². The average Bonchev–Trinajstić information content (AvgIpc) is 3.24. The van der Waals surface area contributed by atoms with Crippen LogP contribution in [0.15, 0.2) is 26.2 Å². The zero-order chi connectivity index (χ0) is 18.0. The Labute approximate surface area is 151 Å². The van der Waals surface area contributed by atoms with Crippen molar-refractivity contribution in [1.29, 1.82) is 0 Å². The Kier molecular flexibility index (Phi) is 5.26. The summed E-state index contributed by atoms with van der Waals surface area (Å²) in [6, 6.07) is 3.30. The van der Waals surface area contributed by atoms with Gasteiger partial charge in [0.1, 0.15) is 15.5 Å². The fourth-order valence-electron chi connectivity index (χ4n) is 3.08. The number of amides is 1. The predicted molar refractivity (Wildman–Crippen MR) is 94.1 cm³/mol. The molecule has 1 amide bonds. The maximum Gasteiger partial charge on any atom is 0.259 e. The van der Waals surface area contributed by atoms with E-state index >= 15 is 0 Å². The van der Waals surface area contributed by atoms with E-state index in [1.807, 2.05) is 0 Å². The van der Waals surface area contributed by atoms with Gasteiger partial charge in [-0.05, 0) is 44.1 Å². The summed E-state index contributed by atoms with van der Waals surface area (Å²) in [6.07, 6.45) is 1.73. The summed E-state index contributed by atoms with van der Waals surface area (Å²) >= 11 is 1.19. The van der Waals surface area contributed by atoms with E-state index in [-0.39, 0.29) is 11.8 Å². The first-order valence-electron chi connectivity index (χ1n) is 8.14. The smallest absolute Gasteiger partial charge is 0.259 e. The monoisotopic (exact) mass is 383 g/mol. The maximum atomic E-state index is 12.7. The predicted octanol–water partition coefficient (Wildman–Crippen LogP) is 2.18. The minimum absolute atomic E-state index is 0.0907. The number of hydrogen-bond donors (Lipinski definition) is 1. The lowest BCUT2D eigenvalue weighted by Gasteiger charge is -2.32. The summed E-state index contributed by atoms with van der Waals surface area (Å²) in [4.78, 5) is 14.5. The third-order valence-corrected chi connectivity index (χ3v) is 7.20. The molecule has 1 N–H and O–H groups in total. The van der Waals surface area contributed by atoms with Gasteiger partial charge in [0.2, 0.25) is 10.0 Å². The molecule has 1 aliphatic rings. The molecule has 1 aliphatic heterocycles. The van der Waals surface area contributed by atoms with Crippen LogP contribution in [0.4, 0.5) is 0 Å². The van der Waals surface area contributed by atoms with E-state index < -0.39 is 10.0 Å². The molecule has 7 nitrogen and oxygen atoms in total. The third kappa shape index (κ3) is 3.94. The van der Waals surface area contributed by atoms with Crippen LogP contribution in [-0.4, -0.2) is 44.0 Å². The second-order valence-corrected chi connectivity index (χ2v) is 9.18. The van der Waals surface area contributed by atoms with Crippen LogP contribution in [0.25, 0.3) is 0 Å². The number of aromatic nitrogens is 1. The van der Waals surface area contributed by atoms with Crippen molar-refractivity contribution in [1.82, 2.24) is 14.8 Å². The molecule has 9 heteroatoms. The number of thiophene rings is 1. The number of carbonyl (C=O) groups is 1. The molecular formula is C16H21N3O4S2. The number of likely N-dealkylation sites (tertiary alicyclic amines) is 1. The summed E-state index contributed by atoms with van der Waals surface area (Å²) in [7, 11) is -3.47. The molecule has 0 spiro atoms. The molecule has 136 valence electrons. The highest BCUT2D eigenvalue weighted by Gasteiger charge is 2.29. The van der Waals surface area contributed by atoms with Gasteiger partial charge in [0, 0.05) is 19.6 Å². The van der Waals surface area contributed by atoms with E-state index in [9.17, 15) is 13.2 Å². The lowest BCUT2D eigenvalue weighted by molar-refractivity contribution is 0.0674. The van der Waals surface area contributed by atoms with Gasteiger partial charge in [0.05, 0.1) is 5.69 Å². The fraction of sp³-hybridized carbons (Fsp3) is 0.500. The van der Waals surface area contributed by atoms with Crippen molar-refractivity contribution in [2.24, 2.45) is 5.92 Å². The Bertz CT molecular complexity index is 823. The lowest BCUT2D eigenvalue weighted by Crippen LogP contribution is -2.43. The normalized spacial score (nSPS) is 18.5. The first kappa shape index (κ1) is 18.1. The van der Waals surface area contributed by atoms with Crippen LogP contribution in [0.1, 0.15) is 34.7 Å². The highest BCUT2D eigenvalue weighted by molar-refractivity contribution is 7.91. The van der Waals surface area contributed by atoms with E-state index in [1.54, 1.807) is 36.3 Å². The minimum atomic E-state index is -3.47. The Morgan fingerprint density at radius 1 is 1.48 bits per heavy atom. The van der Waals surface area contributed by atoms with Gasteiger partial charge in [-0.15, -0.1) is 11.3 Å². The molecule has 3 rings (SSSR count). The molecule has 0 bridgehead atoms. The number of aryl methyl sites for hydroxylation is 2. The number of carbonyl (C=O) groups excluding carboxylic acids is 1. The molecule has 1 fully saturated rings. The van der Waals surface area contributed by atoms with E-state index in [1.165, 1.54) is 11.3 Å². The van der Waals surface area contributed by atoms with Crippen LogP contribution >= 0.6 is 11.3 Å². The van der Waals surface area contributed by atoms with E-state index in [0.29, 0.717) is 40.9 Å². The molecule has 1 saturated heterocycles. The van der Waals surface area contributed by atoms with Crippen LogP contribution in [0.3, 0.4) is 0 Å². The van der Waals surface area contributed by atoms with Gasteiger partial charge in [0.25, 0.3) is 5.91 Å². The number of nitrogens with one attached hydrogen (secondary N) is 1. The molecule has 3 heterocycles. The molecule has 2 aromatic heterocycles. The summed E-state index contributed by atoms with van der Waals surface area (Å²) < 4.78 is 32.5. The van der Waals surface area contributed by atoms with Gasteiger partial charge in [-0.3, -0.25) is 4.79 Å². The summed E-state index contributed by atoms with van der Waals surface area (Å²) in [5.41, 5.74) is 1.10. The third-order valence-electron chi connectivity index (χ3n) is 4.38. The Morgan fingerprint density at radius 3 is 2.92 bits per heavy atom. The molecule has 0 radical (unpaired) electrons. The van der Waals surface area contributed by atoms with Gasteiger partial charge < -0.3 is 9.42 Å². The van der Waals surface area contributed by atoms with Crippen LogP contribution in [0, 0.1) is 19.8 Å². The van der Waals surface area contributed by atoms with Crippen LogP contribution in [-0.2, 0) is 10.0 Å².